The van der Waals surface area contributed by atoms with Crippen LogP contribution in [0.25, 0.3) is 0 Å². The lowest BCUT2D eigenvalue weighted by Gasteiger charge is -2.37. The molecule has 9 heteroatoms. The summed E-state index contributed by atoms with van der Waals surface area (Å²) in [5.41, 5.74) is 1.21. The SMILES string of the molecule is CCOC(=O)[C@@H]1C(=O)C2=C(C[C@@H]1c1cccs1)NC(=O)C[C@H]2c1cccc([N+](=O)[O-])c1. The predicted octanol–water partition coefficient (Wildman–Crippen LogP) is 3.45. The lowest BCUT2D eigenvalue weighted by Crippen LogP contribution is -2.44. The zero-order valence-corrected chi connectivity index (χ0v) is 17.5. The Kier molecular flexibility index (Phi) is 5.69. The molecule has 0 saturated heterocycles. The average Bonchev–Trinajstić information content (AvgIpc) is 3.27. The number of benzene rings is 1. The molecular weight excluding hydrogens is 420 g/mol. The molecule has 1 aliphatic carbocycles. The van der Waals surface area contributed by atoms with Crippen molar-refractivity contribution >= 4 is 34.7 Å². The highest BCUT2D eigenvalue weighted by Crippen LogP contribution is 2.46. The van der Waals surface area contributed by atoms with Crippen LogP contribution in [0, 0.1) is 16.0 Å². The fourth-order valence-electron chi connectivity index (χ4n) is 4.36. The number of nitro benzene ring substituents is 1. The standard InChI is InChI=1S/C22H20N2O6S/c1-2-30-22(27)20-15(17-7-4-8-31-17)10-16-19(21(20)26)14(11-18(25)23-16)12-5-3-6-13(9-12)24(28)29/h3-9,14-15,20H,2,10-11H2,1H3,(H,23,25)/t14-,15+,20-/m0/s1. The van der Waals surface area contributed by atoms with E-state index in [2.05, 4.69) is 5.32 Å². The van der Waals surface area contributed by atoms with Gasteiger partial charge in [0, 0.05) is 46.5 Å². The number of carbonyl (C=O) groups excluding carboxylic acids is 3. The Balaban J connectivity index is 1.82. The van der Waals surface area contributed by atoms with E-state index in [1.165, 1.54) is 29.5 Å². The first-order valence-corrected chi connectivity index (χ1v) is 10.8. The number of non-ortho nitro benzene ring substituents is 1. The minimum absolute atomic E-state index is 0.0229. The van der Waals surface area contributed by atoms with Crippen molar-refractivity contribution in [2.75, 3.05) is 6.61 Å². The lowest BCUT2D eigenvalue weighted by molar-refractivity contribution is -0.384. The molecule has 4 rings (SSSR count). The fraction of sp³-hybridized carbons (Fsp3) is 0.318. The normalized spacial score (nSPS) is 23.2. The van der Waals surface area contributed by atoms with Gasteiger partial charge in [-0.25, -0.2) is 0 Å². The lowest BCUT2D eigenvalue weighted by atomic mass is 9.69. The van der Waals surface area contributed by atoms with Gasteiger partial charge in [0.05, 0.1) is 11.5 Å². The van der Waals surface area contributed by atoms with E-state index in [1.54, 1.807) is 13.0 Å². The maximum Gasteiger partial charge on any atom is 0.317 e. The van der Waals surface area contributed by atoms with E-state index in [9.17, 15) is 24.5 Å². The van der Waals surface area contributed by atoms with Crippen molar-refractivity contribution in [3.63, 3.8) is 0 Å². The smallest absolute Gasteiger partial charge is 0.317 e. The van der Waals surface area contributed by atoms with Gasteiger partial charge in [0.1, 0.15) is 5.92 Å². The van der Waals surface area contributed by atoms with Crippen LogP contribution in [0.3, 0.4) is 0 Å². The van der Waals surface area contributed by atoms with E-state index in [-0.39, 0.29) is 24.6 Å². The Labute approximate surface area is 182 Å². The van der Waals surface area contributed by atoms with E-state index < -0.39 is 34.4 Å². The summed E-state index contributed by atoms with van der Waals surface area (Å²) in [6.07, 6.45) is 0.285. The molecule has 1 aliphatic heterocycles. The summed E-state index contributed by atoms with van der Waals surface area (Å²) < 4.78 is 5.22. The Morgan fingerprint density at radius 1 is 1.26 bits per heavy atom. The highest BCUT2D eigenvalue weighted by atomic mass is 32.1. The van der Waals surface area contributed by atoms with Crippen molar-refractivity contribution in [3.8, 4) is 0 Å². The van der Waals surface area contributed by atoms with Gasteiger partial charge < -0.3 is 10.1 Å². The summed E-state index contributed by atoms with van der Waals surface area (Å²) in [6, 6.07) is 9.65. The molecular formula is C22H20N2O6S. The molecule has 1 N–H and O–H groups in total. The van der Waals surface area contributed by atoms with E-state index in [0.29, 0.717) is 23.3 Å². The molecule has 1 aromatic carbocycles. The number of hydrogen-bond donors (Lipinski definition) is 1. The second kappa shape index (κ2) is 8.43. The zero-order chi connectivity index (χ0) is 22.1. The topological polar surface area (TPSA) is 116 Å². The quantitative estimate of drug-likeness (QED) is 0.330. The number of hydrogen-bond acceptors (Lipinski definition) is 7. The number of carbonyl (C=O) groups is 3. The summed E-state index contributed by atoms with van der Waals surface area (Å²) in [6.45, 7) is 1.83. The highest BCUT2D eigenvalue weighted by Gasteiger charge is 2.48. The van der Waals surface area contributed by atoms with Crippen molar-refractivity contribution in [1.29, 1.82) is 0 Å². The Morgan fingerprint density at radius 2 is 2.06 bits per heavy atom. The molecule has 2 aliphatic rings. The maximum absolute atomic E-state index is 13.7. The monoisotopic (exact) mass is 440 g/mol. The third-order valence-electron chi connectivity index (χ3n) is 5.66. The first-order chi connectivity index (χ1) is 14.9. The predicted molar refractivity (Wildman–Crippen MR) is 112 cm³/mol. The second-order valence-electron chi connectivity index (χ2n) is 7.47. The third kappa shape index (κ3) is 3.88. The number of allylic oxidation sites excluding steroid dienone is 2. The molecule has 2 heterocycles. The summed E-state index contributed by atoms with van der Waals surface area (Å²) in [5.74, 6) is -3.36. The Morgan fingerprint density at radius 3 is 2.74 bits per heavy atom. The zero-order valence-electron chi connectivity index (χ0n) is 16.7. The molecule has 1 aromatic heterocycles. The third-order valence-corrected chi connectivity index (χ3v) is 6.66. The fourth-order valence-corrected chi connectivity index (χ4v) is 5.23. The summed E-state index contributed by atoms with van der Waals surface area (Å²) >= 11 is 1.44. The van der Waals surface area contributed by atoms with Gasteiger partial charge in [-0.15, -0.1) is 11.3 Å². The Bertz CT molecular complexity index is 1090. The number of rotatable bonds is 5. The molecule has 0 radical (unpaired) electrons. The van der Waals surface area contributed by atoms with Crippen LogP contribution in [0.5, 0.6) is 0 Å². The molecule has 31 heavy (non-hydrogen) atoms. The number of Topliss-reactive ketones (excluding diaryl/α,β-unsaturated/α-hetero) is 1. The van der Waals surface area contributed by atoms with Gasteiger partial charge in [0.25, 0.3) is 5.69 Å². The number of thiophene rings is 1. The highest BCUT2D eigenvalue weighted by molar-refractivity contribution is 7.10. The summed E-state index contributed by atoms with van der Waals surface area (Å²) in [5, 5.41) is 15.9. The van der Waals surface area contributed by atoms with Gasteiger partial charge in [0.2, 0.25) is 5.91 Å². The van der Waals surface area contributed by atoms with Crippen LogP contribution >= 0.6 is 11.3 Å². The summed E-state index contributed by atoms with van der Waals surface area (Å²) in [7, 11) is 0. The van der Waals surface area contributed by atoms with Crippen molar-refractivity contribution in [3.05, 3.63) is 73.6 Å². The minimum Gasteiger partial charge on any atom is -0.465 e. The average molecular weight is 440 g/mol. The molecule has 160 valence electrons. The first kappa shape index (κ1) is 20.9. The van der Waals surface area contributed by atoms with Crippen LogP contribution in [0.4, 0.5) is 5.69 Å². The Hall–Kier alpha value is -3.33. The molecule has 1 amide bonds. The van der Waals surface area contributed by atoms with Gasteiger partial charge in [-0.05, 0) is 30.4 Å². The van der Waals surface area contributed by atoms with Gasteiger partial charge in [-0.2, -0.15) is 0 Å². The van der Waals surface area contributed by atoms with Crippen LogP contribution in [-0.4, -0.2) is 29.2 Å². The molecule has 0 fully saturated rings. The number of nitrogens with one attached hydrogen (secondary N) is 1. The number of nitro groups is 1. The van der Waals surface area contributed by atoms with Crippen LogP contribution in [0.15, 0.2) is 53.0 Å². The van der Waals surface area contributed by atoms with Crippen LogP contribution in [0.1, 0.15) is 42.0 Å². The minimum atomic E-state index is -1.02. The van der Waals surface area contributed by atoms with Crippen LogP contribution in [0.2, 0.25) is 0 Å². The van der Waals surface area contributed by atoms with E-state index in [0.717, 1.165) is 4.88 Å². The van der Waals surface area contributed by atoms with Crippen molar-refractivity contribution in [2.24, 2.45) is 5.92 Å². The molecule has 2 aromatic rings. The van der Waals surface area contributed by atoms with Gasteiger partial charge in [0.15, 0.2) is 5.78 Å². The van der Waals surface area contributed by atoms with Gasteiger partial charge >= 0.3 is 5.97 Å². The van der Waals surface area contributed by atoms with E-state index in [1.807, 2.05) is 17.5 Å². The molecule has 8 nitrogen and oxygen atoms in total. The molecule has 0 bridgehead atoms. The van der Waals surface area contributed by atoms with Crippen molar-refractivity contribution in [2.45, 2.75) is 31.6 Å². The van der Waals surface area contributed by atoms with Crippen LogP contribution < -0.4 is 5.32 Å². The largest absolute Gasteiger partial charge is 0.465 e. The molecule has 3 atom stereocenters. The first-order valence-electron chi connectivity index (χ1n) is 9.92. The number of nitrogens with zero attached hydrogens (tertiary/aromatic N) is 1. The molecule has 0 unspecified atom stereocenters. The van der Waals surface area contributed by atoms with Gasteiger partial charge in [-0.1, -0.05) is 18.2 Å². The van der Waals surface area contributed by atoms with Crippen molar-refractivity contribution in [1.82, 2.24) is 5.32 Å². The van der Waals surface area contributed by atoms with Gasteiger partial charge in [-0.3, -0.25) is 24.5 Å². The van der Waals surface area contributed by atoms with E-state index in [4.69, 9.17) is 4.74 Å². The van der Waals surface area contributed by atoms with Crippen LogP contribution in [-0.2, 0) is 19.1 Å². The summed E-state index contributed by atoms with van der Waals surface area (Å²) in [4.78, 5) is 50.5. The second-order valence-corrected chi connectivity index (χ2v) is 8.45. The number of amides is 1. The maximum atomic E-state index is 13.7. The van der Waals surface area contributed by atoms with E-state index >= 15 is 0 Å². The molecule has 0 spiro atoms. The number of ketones is 1. The van der Waals surface area contributed by atoms with Crippen molar-refractivity contribution < 1.29 is 24.0 Å². The number of esters is 1. The molecule has 0 saturated carbocycles. The number of ether oxygens (including phenoxy) is 1.